The van der Waals surface area contributed by atoms with Gasteiger partial charge in [-0.2, -0.15) is 0 Å². The maximum atomic E-state index is 12.0. The van der Waals surface area contributed by atoms with Crippen LogP contribution in [0, 0.1) is 10.1 Å². The fourth-order valence-corrected chi connectivity index (χ4v) is 3.95. The van der Waals surface area contributed by atoms with Crippen LogP contribution in [0.25, 0.3) is 0 Å². The Kier molecular flexibility index (Phi) is 7.06. The standard InChI is InChI=1S/C23H24N2O9/c1-13(26)24-19-21(31-14(2)27)20-18(12-30-22(34-20)15-6-4-3-5-7-15)33-23(19)32-17-10-8-16(9-11-17)25(28)29/h3-11,18-23H,12H2,1-2H3,(H,24,26)/t18-,19-,20-,21-,22?,23+/m1/s1. The van der Waals surface area contributed by atoms with Crippen LogP contribution in [0.4, 0.5) is 5.69 Å². The molecule has 4 rings (SSSR count). The van der Waals surface area contributed by atoms with Crippen molar-refractivity contribution in [1.29, 1.82) is 0 Å². The van der Waals surface area contributed by atoms with E-state index >= 15 is 0 Å². The number of nitro groups is 1. The Morgan fingerprint density at radius 3 is 2.38 bits per heavy atom. The SMILES string of the molecule is CC(=O)N[C@H]1[C@@H](Oc2ccc([N+](=O)[O-])cc2)O[C@@H]2COC(c3ccccc3)O[C@H]2[C@@H]1OC(C)=O. The number of nitro benzene ring substituents is 1. The van der Waals surface area contributed by atoms with Crippen molar-refractivity contribution in [3.8, 4) is 5.75 Å². The van der Waals surface area contributed by atoms with E-state index in [2.05, 4.69) is 5.32 Å². The number of benzene rings is 2. The number of nitrogens with zero attached hydrogens (tertiary/aromatic N) is 1. The van der Waals surface area contributed by atoms with Crippen molar-refractivity contribution in [3.05, 3.63) is 70.3 Å². The summed E-state index contributed by atoms with van der Waals surface area (Å²) in [7, 11) is 0. The third kappa shape index (κ3) is 5.33. The lowest BCUT2D eigenvalue weighted by Crippen LogP contribution is -2.68. The van der Waals surface area contributed by atoms with Crippen LogP contribution in [0.15, 0.2) is 54.6 Å². The van der Waals surface area contributed by atoms with Crippen LogP contribution >= 0.6 is 0 Å². The highest BCUT2D eigenvalue weighted by Gasteiger charge is 2.53. The first-order valence-electron chi connectivity index (χ1n) is 10.6. The lowest BCUT2D eigenvalue weighted by Gasteiger charge is -2.48. The van der Waals surface area contributed by atoms with Gasteiger partial charge >= 0.3 is 5.97 Å². The molecule has 0 saturated carbocycles. The number of carbonyl (C=O) groups excluding carboxylic acids is 2. The predicted octanol–water partition coefficient (Wildman–Crippen LogP) is 2.25. The van der Waals surface area contributed by atoms with Crippen LogP contribution in [-0.2, 0) is 28.5 Å². The summed E-state index contributed by atoms with van der Waals surface area (Å²) in [5.74, 6) is -0.694. The topological polar surface area (TPSA) is 135 Å². The highest BCUT2D eigenvalue weighted by molar-refractivity contribution is 5.73. The van der Waals surface area contributed by atoms with Crippen LogP contribution in [0.1, 0.15) is 25.7 Å². The molecule has 2 heterocycles. The van der Waals surface area contributed by atoms with E-state index in [4.69, 9.17) is 23.7 Å². The Hall–Kier alpha value is -3.54. The third-order valence-corrected chi connectivity index (χ3v) is 5.38. The molecule has 11 heteroatoms. The molecule has 2 aliphatic rings. The number of fused-ring (bicyclic) bond motifs is 1. The summed E-state index contributed by atoms with van der Waals surface area (Å²) in [6.07, 6.45) is -4.17. The summed E-state index contributed by atoms with van der Waals surface area (Å²) < 4.78 is 29.6. The molecule has 34 heavy (non-hydrogen) atoms. The number of esters is 1. The molecule has 2 fully saturated rings. The number of amides is 1. The van der Waals surface area contributed by atoms with E-state index in [1.807, 2.05) is 30.3 Å². The first kappa shape index (κ1) is 23.6. The van der Waals surface area contributed by atoms with Gasteiger partial charge in [0.25, 0.3) is 5.69 Å². The average Bonchev–Trinajstić information content (AvgIpc) is 2.81. The van der Waals surface area contributed by atoms with Gasteiger partial charge in [0.1, 0.15) is 24.0 Å². The van der Waals surface area contributed by atoms with Crippen molar-refractivity contribution in [1.82, 2.24) is 5.32 Å². The monoisotopic (exact) mass is 472 g/mol. The largest absolute Gasteiger partial charge is 0.463 e. The molecule has 2 aromatic rings. The number of rotatable bonds is 6. The molecule has 2 aromatic carbocycles. The summed E-state index contributed by atoms with van der Waals surface area (Å²) >= 11 is 0. The summed E-state index contributed by atoms with van der Waals surface area (Å²) in [6, 6.07) is 13.7. The van der Waals surface area contributed by atoms with Gasteiger partial charge in [-0.05, 0) is 12.1 Å². The molecule has 0 aliphatic carbocycles. The van der Waals surface area contributed by atoms with Gasteiger partial charge < -0.3 is 29.0 Å². The Bertz CT molecular complexity index is 1030. The molecule has 1 unspecified atom stereocenters. The molecule has 1 amide bonds. The molecule has 11 nitrogen and oxygen atoms in total. The predicted molar refractivity (Wildman–Crippen MR) is 116 cm³/mol. The van der Waals surface area contributed by atoms with E-state index in [0.717, 1.165) is 5.56 Å². The second kappa shape index (κ2) is 10.2. The number of ether oxygens (including phenoxy) is 5. The van der Waals surface area contributed by atoms with Crippen molar-refractivity contribution in [2.24, 2.45) is 0 Å². The van der Waals surface area contributed by atoms with E-state index in [9.17, 15) is 19.7 Å². The van der Waals surface area contributed by atoms with Crippen LogP contribution in [0.2, 0.25) is 0 Å². The number of hydrogen-bond acceptors (Lipinski definition) is 9. The van der Waals surface area contributed by atoms with Gasteiger partial charge in [0.2, 0.25) is 12.2 Å². The minimum atomic E-state index is -1.09. The van der Waals surface area contributed by atoms with Crippen molar-refractivity contribution < 1.29 is 38.2 Å². The molecule has 6 atom stereocenters. The van der Waals surface area contributed by atoms with E-state index in [1.54, 1.807) is 0 Å². The molecule has 2 aliphatic heterocycles. The molecular formula is C23H24N2O9. The molecule has 180 valence electrons. The Morgan fingerprint density at radius 1 is 1.06 bits per heavy atom. The van der Waals surface area contributed by atoms with E-state index in [-0.39, 0.29) is 18.0 Å². The number of hydrogen-bond donors (Lipinski definition) is 1. The van der Waals surface area contributed by atoms with E-state index in [0.29, 0.717) is 0 Å². The third-order valence-electron chi connectivity index (χ3n) is 5.38. The quantitative estimate of drug-likeness (QED) is 0.381. The Balaban J connectivity index is 1.60. The first-order valence-corrected chi connectivity index (χ1v) is 10.6. The molecule has 2 saturated heterocycles. The minimum Gasteiger partial charge on any atom is -0.463 e. The molecule has 0 bridgehead atoms. The summed E-state index contributed by atoms with van der Waals surface area (Å²) in [5.41, 5.74) is 0.678. The van der Waals surface area contributed by atoms with Gasteiger partial charge in [-0.15, -0.1) is 0 Å². The normalized spacial score (nSPS) is 28.3. The summed E-state index contributed by atoms with van der Waals surface area (Å²) in [5, 5.41) is 13.7. The van der Waals surface area contributed by atoms with Crippen molar-refractivity contribution >= 4 is 17.6 Å². The zero-order chi connectivity index (χ0) is 24.2. The Labute approximate surface area is 195 Å². The fourth-order valence-electron chi connectivity index (χ4n) is 3.95. The highest BCUT2D eigenvalue weighted by atomic mass is 16.8. The number of carbonyl (C=O) groups is 2. The Morgan fingerprint density at radius 2 is 1.76 bits per heavy atom. The van der Waals surface area contributed by atoms with Crippen molar-refractivity contribution in [3.63, 3.8) is 0 Å². The molecular weight excluding hydrogens is 448 g/mol. The van der Waals surface area contributed by atoms with Crippen LogP contribution in [-0.4, -0.2) is 54.1 Å². The molecule has 1 N–H and O–H groups in total. The van der Waals surface area contributed by atoms with E-state index < -0.39 is 53.7 Å². The van der Waals surface area contributed by atoms with E-state index in [1.165, 1.54) is 38.1 Å². The van der Waals surface area contributed by atoms with Gasteiger partial charge in [0.05, 0.1) is 11.5 Å². The smallest absolute Gasteiger partial charge is 0.303 e. The van der Waals surface area contributed by atoms with Gasteiger partial charge in [-0.25, -0.2) is 0 Å². The maximum absolute atomic E-state index is 12.0. The van der Waals surface area contributed by atoms with Gasteiger partial charge in [0.15, 0.2) is 12.4 Å². The summed E-state index contributed by atoms with van der Waals surface area (Å²) in [6.45, 7) is 2.70. The fraction of sp³-hybridized carbons (Fsp3) is 0.391. The van der Waals surface area contributed by atoms with Crippen molar-refractivity contribution in [2.45, 2.75) is 50.8 Å². The first-order chi connectivity index (χ1) is 16.3. The van der Waals surface area contributed by atoms with Crippen LogP contribution in [0.5, 0.6) is 5.75 Å². The second-order valence-corrected chi connectivity index (χ2v) is 7.89. The number of non-ortho nitro benzene ring substituents is 1. The van der Waals surface area contributed by atoms with Gasteiger partial charge in [-0.3, -0.25) is 19.7 Å². The van der Waals surface area contributed by atoms with Crippen molar-refractivity contribution in [2.75, 3.05) is 6.61 Å². The average molecular weight is 472 g/mol. The zero-order valence-electron chi connectivity index (χ0n) is 18.5. The lowest BCUT2D eigenvalue weighted by molar-refractivity contribution is -0.384. The summed E-state index contributed by atoms with van der Waals surface area (Å²) in [4.78, 5) is 34.4. The highest BCUT2D eigenvalue weighted by Crippen LogP contribution is 2.36. The lowest BCUT2D eigenvalue weighted by atomic mass is 9.95. The van der Waals surface area contributed by atoms with Crippen LogP contribution < -0.4 is 10.1 Å². The molecule has 0 radical (unpaired) electrons. The molecule has 0 aromatic heterocycles. The van der Waals surface area contributed by atoms with Gasteiger partial charge in [-0.1, -0.05) is 30.3 Å². The zero-order valence-corrected chi connectivity index (χ0v) is 18.5. The maximum Gasteiger partial charge on any atom is 0.303 e. The molecule has 0 spiro atoms. The number of nitrogens with one attached hydrogen (secondary N) is 1. The van der Waals surface area contributed by atoms with Crippen LogP contribution in [0.3, 0.4) is 0 Å². The van der Waals surface area contributed by atoms with Gasteiger partial charge in [0, 0.05) is 31.5 Å². The minimum absolute atomic E-state index is 0.103. The second-order valence-electron chi connectivity index (χ2n) is 7.89.